The first-order valence-corrected chi connectivity index (χ1v) is 4.40. The van der Waals surface area contributed by atoms with Crippen LogP contribution in [0.25, 0.3) is 0 Å². The summed E-state index contributed by atoms with van der Waals surface area (Å²) in [5.74, 6) is 0. The quantitative estimate of drug-likeness (QED) is 0.698. The maximum Gasteiger partial charge on any atom is 0.0471 e. The minimum absolute atomic E-state index is 0.188. The van der Waals surface area contributed by atoms with Gasteiger partial charge < -0.3 is 5.11 Å². The van der Waals surface area contributed by atoms with E-state index in [0.29, 0.717) is 6.42 Å². The van der Waals surface area contributed by atoms with Crippen LogP contribution < -0.4 is 0 Å². The molecule has 0 atom stereocenters. The topological polar surface area (TPSA) is 32.6 Å². The molecule has 0 aliphatic rings. The molecule has 13 heavy (non-hydrogen) atoms. The predicted octanol–water partition coefficient (Wildman–Crippen LogP) is 1.58. The highest BCUT2D eigenvalue weighted by Gasteiger charge is 1.99. The van der Waals surface area contributed by atoms with Crippen molar-refractivity contribution in [2.75, 3.05) is 13.7 Å². The molecule has 0 unspecified atom stereocenters. The van der Waals surface area contributed by atoms with Crippen molar-refractivity contribution in [3.05, 3.63) is 34.9 Å². The molecule has 0 aliphatic heterocycles. The summed E-state index contributed by atoms with van der Waals surface area (Å²) >= 11 is 0. The van der Waals surface area contributed by atoms with Gasteiger partial charge in [-0.3, -0.25) is 4.99 Å². The molecule has 0 bridgehead atoms. The molecule has 0 saturated carbocycles. The number of aliphatic imine (C=N–C) groups is 1. The summed E-state index contributed by atoms with van der Waals surface area (Å²) in [7, 11) is 1.76. The highest BCUT2D eigenvalue weighted by atomic mass is 16.2. The van der Waals surface area contributed by atoms with Gasteiger partial charge in [-0.25, -0.2) is 0 Å². The summed E-state index contributed by atoms with van der Waals surface area (Å²) in [6.45, 7) is 2.24. The van der Waals surface area contributed by atoms with Gasteiger partial charge in [-0.1, -0.05) is 23.8 Å². The zero-order valence-electron chi connectivity index (χ0n) is 8.12. The van der Waals surface area contributed by atoms with Crippen LogP contribution in [-0.4, -0.2) is 25.0 Å². The first-order valence-electron chi connectivity index (χ1n) is 4.40. The number of aliphatic hydroxyl groups excluding tert-OH is 1. The van der Waals surface area contributed by atoms with Gasteiger partial charge in [0.2, 0.25) is 0 Å². The number of rotatable bonds is 3. The molecule has 0 aromatic heterocycles. The van der Waals surface area contributed by atoms with E-state index in [0.717, 1.165) is 11.1 Å². The van der Waals surface area contributed by atoms with Crippen LogP contribution in [0.15, 0.2) is 23.2 Å². The second-order valence-corrected chi connectivity index (χ2v) is 3.06. The van der Waals surface area contributed by atoms with Crippen molar-refractivity contribution >= 4 is 6.21 Å². The molecule has 2 heteroatoms. The van der Waals surface area contributed by atoms with E-state index in [4.69, 9.17) is 5.11 Å². The monoisotopic (exact) mass is 177 g/mol. The molecule has 0 fully saturated rings. The van der Waals surface area contributed by atoms with Gasteiger partial charge in [0.25, 0.3) is 0 Å². The van der Waals surface area contributed by atoms with E-state index in [1.165, 1.54) is 5.56 Å². The second-order valence-electron chi connectivity index (χ2n) is 3.06. The molecule has 1 N–H and O–H groups in total. The van der Waals surface area contributed by atoms with Gasteiger partial charge in [-0.2, -0.15) is 0 Å². The summed E-state index contributed by atoms with van der Waals surface area (Å²) in [5.41, 5.74) is 3.48. The Kier molecular flexibility index (Phi) is 3.65. The van der Waals surface area contributed by atoms with Crippen molar-refractivity contribution in [1.82, 2.24) is 0 Å². The molecular weight excluding hydrogens is 162 g/mol. The largest absolute Gasteiger partial charge is 0.396 e. The van der Waals surface area contributed by atoms with Crippen molar-refractivity contribution in [3.63, 3.8) is 0 Å². The highest BCUT2D eigenvalue weighted by Crippen LogP contribution is 2.10. The smallest absolute Gasteiger partial charge is 0.0471 e. The lowest BCUT2D eigenvalue weighted by Crippen LogP contribution is -1.97. The van der Waals surface area contributed by atoms with Crippen molar-refractivity contribution < 1.29 is 5.11 Å². The highest BCUT2D eigenvalue weighted by molar-refractivity contribution is 5.81. The van der Waals surface area contributed by atoms with Crippen LogP contribution in [0.5, 0.6) is 0 Å². The van der Waals surface area contributed by atoms with Crippen LogP contribution >= 0.6 is 0 Å². The second kappa shape index (κ2) is 4.77. The lowest BCUT2D eigenvalue weighted by molar-refractivity contribution is 0.299. The molecular formula is C11H15NO. The number of nitrogens with zero attached hydrogens (tertiary/aromatic N) is 1. The zero-order chi connectivity index (χ0) is 9.68. The van der Waals surface area contributed by atoms with E-state index in [-0.39, 0.29) is 6.61 Å². The summed E-state index contributed by atoms with van der Waals surface area (Å²) in [5, 5.41) is 8.84. The Balaban J connectivity index is 3.03. The molecule has 0 spiro atoms. The van der Waals surface area contributed by atoms with Crippen molar-refractivity contribution in [2.24, 2.45) is 4.99 Å². The third-order valence-electron chi connectivity index (χ3n) is 1.95. The number of hydrogen-bond donors (Lipinski definition) is 1. The molecule has 1 rings (SSSR count). The van der Waals surface area contributed by atoms with Gasteiger partial charge in [0, 0.05) is 19.9 Å². The van der Waals surface area contributed by atoms with Gasteiger partial charge in [-0.05, 0) is 24.5 Å². The summed E-state index contributed by atoms with van der Waals surface area (Å²) in [4.78, 5) is 3.98. The van der Waals surface area contributed by atoms with Crippen LogP contribution in [0.4, 0.5) is 0 Å². The van der Waals surface area contributed by atoms with E-state index in [1.54, 1.807) is 7.05 Å². The first kappa shape index (κ1) is 9.93. The average Bonchev–Trinajstić information content (AvgIpc) is 2.10. The van der Waals surface area contributed by atoms with Crippen LogP contribution in [0, 0.1) is 6.92 Å². The first-order chi connectivity index (χ1) is 6.27. The van der Waals surface area contributed by atoms with E-state index in [2.05, 4.69) is 24.0 Å². The van der Waals surface area contributed by atoms with E-state index in [9.17, 15) is 0 Å². The normalized spacial score (nSPS) is 11.0. The fraction of sp³-hybridized carbons (Fsp3) is 0.364. The number of aryl methyl sites for hydroxylation is 1. The van der Waals surface area contributed by atoms with E-state index in [1.807, 2.05) is 12.3 Å². The van der Waals surface area contributed by atoms with Gasteiger partial charge in [0.15, 0.2) is 0 Å². The van der Waals surface area contributed by atoms with Crippen LogP contribution in [0.3, 0.4) is 0 Å². The Morgan fingerprint density at radius 2 is 2.23 bits per heavy atom. The van der Waals surface area contributed by atoms with Gasteiger partial charge in [0.1, 0.15) is 0 Å². The SMILES string of the molecule is C/N=C\c1cc(C)ccc1CCO. The average molecular weight is 177 g/mol. The van der Waals surface area contributed by atoms with Crippen LogP contribution in [-0.2, 0) is 6.42 Å². The third-order valence-corrected chi connectivity index (χ3v) is 1.95. The number of benzene rings is 1. The third kappa shape index (κ3) is 2.67. The maximum absolute atomic E-state index is 8.84. The zero-order valence-corrected chi connectivity index (χ0v) is 8.12. The Hall–Kier alpha value is -1.15. The molecule has 1 aromatic rings. The molecule has 0 saturated heterocycles. The fourth-order valence-corrected chi connectivity index (χ4v) is 1.32. The standard InChI is InChI=1S/C11H15NO/c1-9-3-4-10(5-6-13)11(7-9)8-12-2/h3-4,7-8,13H,5-6H2,1-2H3/b12-8-. The lowest BCUT2D eigenvalue weighted by atomic mass is 10.0. The molecule has 0 amide bonds. The Morgan fingerprint density at radius 3 is 2.85 bits per heavy atom. The molecule has 0 aliphatic carbocycles. The van der Waals surface area contributed by atoms with Gasteiger partial charge in [-0.15, -0.1) is 0 Å². The minimum Gasteiger partial charge on any atom is -0.396 e. The summed E-state index contributed by atoms with van der Waals surface area (Å²) in [6.07, 6.45) is 2.53. The van der Waals surface area contributed by atoms with Crippen LogP contribution in [0.2, 0.25) is 0 Å². The van der Waals surface area contributed by atoms with E-state index < -0.39 is 0 Å². The van der Waals surface area contributed by atoms with Crippen molar-refractivity contribution in [3.8, 4) is 0 Å². The number of hydrogen-bond acceptors (Lipinski definition) is 2. The van der Waals surface area contributed by atoms with Gasteiger partial charge >= 0.3 is 0 Å². The Bertz CT molecular complexity index is 305. The molecule has 0 heterocycles. The minimum atomic E-state index is 0.188. The Morgan fingerprint density at radius 1 is 1.46 bits per heavy atom. The van der Waals surface area contributed by atoms with Crippen LogP contribution in [0.1, 0.15) is 16.7 Å². The number of aliphatic hydroxyl groups is 1. The Labute approximate surface area is 78.9 Å². The lowest BCUT2D eigenvalue weighted by Gasteiger charge is -2.04. The molecule has 0 radical (unpaired) electrons. The maximum atomic E-state index is 8.84. The predicted molar refractivity (Wildman–Crippen MR) is 55.5 cm³/mol. The molecule has 70 valence electrons. The fourth-order valence-electron chi connectivity index (χ4n) is 1.32. The summed E-state index contributed by atoms with van der Waals surface area (Å²) < 4.78 is 0. The van der Waals surface area contributed by atoms with Gasteiger partial charge in [0.05, 0.1) is 0 Å². The molecule has 2 nitrogen and oxygen atoms in total. The van der Waals surface area contributed by atoms with Crippen molar-refractivity contribution in [2.45, 2.75) is 13.3 Å². The molecule has 1 aromatic carbocycles. The van der Waals surface area contributed by atoms with E-state index >= 15 is 0 Å². The van der Waals surface area contributed by atoms with Crippen molar-refractivity contribution in [1.29, 1.82) is 0 Å². The summed E-state index contributed by atoms with van der Waals surface area (Å²) in [6, 6.07) is 6.18.